The molecular formula is C18H21IN2O3S. The number of amides is 1. The number of hydrogen-bond donors (Lipinski definition) is 1. The number of benzene rings is 2. The number of nitrogens with zero attached hydrogens (tertiary/aromatic N) is 1. The summed E-state index contributed by atoms with van der Waals surface area (Å²) in [7, 11) is -3.83. The Hall–Kier alpha value is -1.61. The number of carbonyl (C=O) groups is 1. The highest BCUT2D eigenvalue weighted by Gasteiger charge is 2.27. The van der Waals surface area contributed by atoms with Gasteiger partial charge in [-0.2, -0.15) is 0 Å². The minimum absolute atomic E-state index is 0.00880. The van der Waals surface area contributed by atoms with Crippen molar-refractivity contribution in [1.29, 1.82) is 0 Å². The van der Waals surface area contributed by atoms with E-state index in [2.05, 4.69) is 27.9 Å². The average Bonchev–Trinajstić information content (AvgIpc) is 2.61. The van der Waals surface area contributed by atoms with Gasteiger partial charge in [-0.1, -0.05) is 25.1 Å². The molecule has 0 aliphatic rings. The standard InChI is InChI=1S/C18H21IN2O3S/c1-3-14(2)20-18(22)13-21(16-11-9-15(19)10-12-16)25(23,24)17-7-5-4-6-8-17/h4-12,14H,3,13H2,1-2H3,(H,20,22). The quantitative estimate of drug-likeness (QED) is 0.629. The molecule has 0 saturated carbocycles. The Balaban J connectivity index is 2.39. The molecular weight excluding hydrogens is 451 g/mol. The van der Waals surface area contributed by atoms with Crippen molar-refractivity contribution < 1.29 is 13.2 Å². The molecule has 0 aliphatic heterocycles. The smallest absolute Gasteiger partial charge is 0.264 e. The van der Waals surface area contributed by atoms with E-state index in [0.717, 1.165) is 14.3 Å². The SMILES string of the molecule is CCC(C)NC(=O)CN(c1ccc(I)cc1)S(=O)(=O)c1ccccc1. The number of halogens is 1. The monoisotopic (exact) mass is 472 g/mol. The summed E-state index contributed by atoms with van der Waals surface area (Å²) < 4.78 is 28.2. The molecule has 0 heterocycles. The van der Waals surface area contributed by atoms with Crippen molar-refractivity contribution >= 4 is 44.2 Å². The van der Waals surface area contributed by atoms with Crippen molar-refractivity contribution in [1.82, 2.24) is 5.32 Å². The van der Waals surface area contributed by atoms with Crippen LogP contribution in [-0.2, 0) is 14.8 Å². The highest BCUT2D eigenvalue weighted by Crippen LogP contribution is 2.24. The van der Waals surface area contributed by atoms with Gasteiger partial charge in [-0.15, -0.1) is 0 Å². The van der Waals surface area contributed by atoms with Crippen molar-refractivity contribution in [2.75, 3.05) is 10.8 Å². The zero-order chi connectivity index (χ0) is 18.4. The third kappa shape index (κ3) is 5.18. The average molecular weight is 472 g/mol. The first-order chi connectivity index (χ1) is 11.8. The molecule has 0 aromatic heterocycles. The molecule has 1 N–H and O–H groups in total. The van der Waals surface area contributed by atoms with Gasteiger partial charge in [0.1, 0.15) is 6.54 Å². The molecule has 0 radical (unpaired) electrons. The molecule has 134 valence electrons. The fourth-order valence-corrected chi connectivity index (χ4v) is 4.00. The predicted molar refractivity (Wildman–Crippen MR) is 108 cm³/mol. The summed E-state index contributed by atoms with van der Waals surface area (Å²) in [5, 5.41) is 2.82. The van der Waals surface area contributed by atoms with Crippen LogP contribution in [0.1, 0.15) is 20.3 Å². The normalized spacial score (nSPS) is 12.4. The second-order valence-electron chi connectivity index (χ2n) is 5.68. The lowest BCUT2D eigenvalue weighted by atomic mass is 10.2. The van der Waals surface area contributed by atoms with Crippen LogP contribution < -0.4 is 9.62 Å². The van der Waals surface area contributed by atoms with Gasteiger partial charge in [-0.05, 0) is 72.3 Å². The second kappa shape index (κ2) is 8.66. The number of nitrogens with one attached hydrogen (secondary N) is 1. The first-order valence-electron chi connectivity index (χ1n) is 7.97. The Morgan fingerprint density at radius 2 is 1.72 bits per heavy atom. The van der Waals surface area contributed by atoms with Crippen molar-refractivity contribution in [2.24, 2.45) is 0 Å². The maximum Gasteiger partial charge on any atom is 0.264 e. The highest BCUT2D eigenvalue weighted by atomic mass is 127. The van der Waals surface area contributed by atoms with Crippen molar-refractivity contribution in [3.05, 3.63) is 58.2 Å². The molecule has 2 aromatic rings. The summed E-state index contributed by atoms with van der Waals surface area (Å²) in [6.45, 7) is 3.59. The topological polar surface area (TPSA) is 66.5 Å². The van der Waals surface area contributed by atoms with E-state index in [1.165, 1.54) is 12.1 Å². The fourth-order valence-electron chi connectivity index (χ4n) is 2.20. The van der Waals surface area contributed by atoms with Gasteiger partial charge in [0, 0.05) is 9.61 Å². The zero-order valence-electron chi connectivity index (χ0n) is 14.1. The lowest BCUT2D eigenvalue weighted by molar-refractivity contribution is -0.120. The van der Waals surface area contributed by atoms with Crippen molar-refractivity contribution in [2.45, 2.75) is 31.2 Å². The van der Waals surface area contributed by atoms with Crippen LogP contribution in [0, 0.1) is 3.57 Å². The van der Waals surface area contributed by atoms with E-state index in [1.54, 1.807) is 30.3 Å². The van der Waals surface area contributed by atoms with E-state index in [0.29, 0.717) is 5.69 Å². The van der Waals surface area contributed by atoms with Crippen molar-refractivity contribution in [3.63, 3.8) is 0 Å². The van der Waals surface area contributed by atoms with Crippen LogP contribution in [0.5, 0.6) is 0 Å². The minimum atomic E-state index is -3.83. The Morgan fingerprint density at radius 3 is 2.28 bits per heavy atom. The summed E-state index contributed by atoms with van der Waals surface area (Å²) in [5.41, 5.74) is 0.462. The molecule has 0 aliphatic carbocycles. The van der Waals surface area contributed by atoms with Crippen LogP contribution in [0.2, 0.25) is 0 Å². The molecule has 2 aromatic carbocycles. The Bertz CT molecular complexity index is 808. The zero-order valence-corrected chi connectivity index (χ0v) is 17.1. The largest absolute Gasteiger partial charge is 0.352 e. The van der Waals surface area contributed by atoms with Gasteiger partial charge in [0.15, 0.2) is 0 Å². The van der Waals surface area contributed by atoms with E-state index in [9.17, 15) is 13.2 Å². The van der Waals surface area contributed by atoms with Gasteiger partial charge in [0.05, 0.1) is 10.6 Å². The molecule has 1 atom stereocenters. The van der Waals surface area contributed by atoms with Gasteiger partial charge in [-0.3, -0.25) is 9.10 Å². The van der Waals surface area contributed by atoms with E-state index in [-0.39, 0.29) is 23.4 Å². The Labute approximate surface area is 162 Å². The molecule has 7 heteroatoms. The number of hydrogen-bond acceptors (Lipinski definition) is 3. The molecule has 1 unspecified atom stereocenters. The summed E-state index contributed by atoms with van der Waals surface area (Å²) in [4.78, 5) is 12.5. The highest BCUT2D eigenvalue weighted by molar-refractivity contribution is 14.1. The van der Waals surface area contributed by atoms with Gasteiger partial charge in [0.25, 0.3) is 10.0 Å². The molecule has 25 heavy (non-hydrogen) atoms. The Kier molecular flexibility index (Phi) is 6.83. The van der Waals surface area contributed by atoms with E-state index in [4.69, 9.17) is 0 Å². The van der Waals surface area contributed by atoms with Gasteiger partial charge in [0.2, 0.25) is 5.91 Å². The molecule has 2 rings (SSSR count). The minimum Gasteiger partial charge on any atom is -0.352 e. The van der Waals surface area contributed by atoms with Crippen LogP contribution in [0.25, 0.3) is 0 Å². The number of carbonyl (C=O) groups excluding carboxylic acids is 1. The number of anilines is 1. The fraction of sp³-hybridized carbons (Fsp3) is 0.278. The third-order valence-electron chi connectivity index (χ3n) is 3.75. The summed E-state index contributed by atoms with van der Waals surface area (Å²) in [6.07, 6.45) is 0.778. The maximum absolute atomic E-state index is 13.1. The summed E-state index contributed by atoms with van der Waals surface area (Å²) >= 11 is 2.15. The van der Waals surface area contributed by atoms with Crippen LogP contribution >= 0.6 is 22.6 Å². The lowest BCUT2D eigenvalue weighted by Gasteiger charge is -2.25. The van der Waals surface area contributed by atoms with Crippen LogP contribution in [0.15, 0.2) is 59.5 Å². The molecule has 0 spiro atoms. The molecule has 5 nitrogen and oxygen atoms in total. The van der Waals surface area contributed by atoms with Gasteiger partial charge < -0.3 is 5.32 Å². The van der Waals surface area contributed by atoms with E-state index >= 15 is 0 Å². The molecule has 0 fully saturated rings. The second-order valence-corrected chi connectivity index (χ2v) is 8.79. The predicted octanol–water partition coefficient (Wildman–Crippen LogP) is 3.40. The number of rotatable bonds is 7. The molecule has 0 bridgehead atoms. The summed E-state index contributed by atoms with van der Waals surface area (Å²) in [5.74, 6) is -0.326. The lowest BCUT2D eigenvalue weighted by Crippen LogP contribution is -2.43. The van der Waals surface area contributed by atoms with Crippen LogP contribution in [0.3, 0.4) is 0 Å². The molecule has 0 saturated heterocycles. The molecule has 1 amide bonds. The van der Waals surface area contributed by atoms with Crippen LogP contribution in [-0.4, -0.2) is 26.9 Å². The maximum atomic E-state index is 13.1. The van der Waals surface area contributed by atoms with Gasteiger partial charge in [-0.25, -0.2) is 8.42 Å². The van der Waals surface area contributed by atoms with Crippen LogP contribution in [0.4, 0.5) is 5.69 Å². The van der Waals surface area contributed by atoms with Gasteiger partial charge >= 0.3 is 0 Å². The first-order valence-corrected chi connectivity index (χ1v) is 10.5. The summed E-state index contributed by atoms with van der Waals surface area (Å²) in [6, 6.07) is 15.2. The van der Waals surface area contributed by atoms with E-state index < -0.39 is 10.0 Å². The first kappa shape index (κ1) is 19.7. The van der Waals surface area contributed by atoms with E-state index in [1.807, 2.05) is 26.0 Å². The third-order valence-corrected chi connectivity index (χ3v) is 6.26. The number of sulfonamides is 1. The van der Waals surface area contributed by atoms with Crippen molar-refractivity contribution in [3.8, 4) is 0 Å². The Morgan fingerprint density at radius 1 is 1.12 bits per heavy atom.